The molecule has 2 rings (SSSR count). The molecule has 0 radical (unpaired) electrons. The van der Waals surface area contributed by atoms with E-state index < -0.39 is 12.1 Å². The van der Waals surface area contributed by atoms with Crippen molar-refractivity contribution in [3.05, 3.63) is 59.2 Å². The fourth-order valence-electron chi connectivity index (χ4n) is 2.19. The van der Waals surface area contributed by atoms with Gasteiger partial charge < -0.3 is 14.8 Å². The summed E-state index contributed by atoms with van der Waals surface area (Å²) in [5.74, 6) is -0.180. The summed E-state index contributed by atoms with van der Waals surface area (Å²) in [5.41, 5.74) is 2.70. The number of aryl methyl sites for hydroxylation is 2. The van der Waals surface area contributed by atoms with Gasteiger partial charge in [0.1, 0.15) is 5.75 Å². The Hall–Kier alpha value is -2.82. The van der Waals surface area contributed by atoms with Gasteiger partial charge in [0.2, 0.25) is 0 Å². The molecule has 0 heterocycles. The van der Waals surface area contributed by atoms with Crippen LogP contribution in [-0.4, -0.2) is 25.1 Å². The van der Waals surface area contributed by atoms with E-state index in [1.165, 1.54) is 7.11 Å². The Bertz CT molecular complexity index is 755. The fourth-order valence-corrected chi connectivity index (χ4v) is 2.19. The van der Waals surface area contributed by atoms with Crippen LogP contribution in [0.15, 0.2) is 42.5 Å². The Labute approximate surface area is 141 Å². The topological polar surface area (TPSA) is 64.6 Å². The number of benzene rings is 2. The van der Waals surface area contributed by atoms with E-state index in [9.17, 15) is 9.59 Å². The molecule has 126 valence electrons. The number of hydrogen-bond donors (Lipinski definition) is 1. The predicted molar refractivity (Wildman–Crippen MR) is 92.4 cm³/mol. The summed E-state index contributed by atoms with van der Waals surface area (Å²) < 4.78 is 10.5. The average molecular weight is 327 g/mol. The minimum Gasteiger partial charge on any atom is -0.481 e. The van der Waals surface area contributed by atoms with Crippen molar-refractivity contribution in [2.45, 2.75) is 26.9 Å². The molecule has 0 spiro atoms. The molecule has 5 heteroatoms. The number of amides is 1. The lowest BCUT2D eigenvalue weighted by atomic mass is 10.1. The molecule has 0 aliphatic carbocycles. The van der Waals surface area contributed by atoms with E-state index in [1.54, 1.807) is 31.2 Å². The van der Waals surface area contributed by atoms with Crippen LogP contribution in [0.1, 0.15) is 28.4 Å². The first kappa shape index (κ1) is 17.5. The van der Waals surface area contributed by atoms with Crippen molar-refractivity contribution in [2.75, 3.05) is 12.4 Å². The normalized spacial score (nSPS) is 11.5. The zero-order chi connectivity index (χ0) is 17.7. The van der Waals surface area contributed by atoms with Crippen molar-refractivity contribution in [3.63, 3.8) is 0 Å². The molecule has 1 N–H and O–H groups in total. The number of nitrogens with one attached hydrogen (secondary N) is 1. The summed E-state index contributed by atoms with van der Waals surface area (Å²) >= 11 is 0. The monoisotopic (exact) mass is 327 g/mol. The smallest absolute Gasteiger partial charge is 0.339 e. The van der Waals surface area contributed by atoms with Crippen LogP contribution in [0.3, 0.4) is 0 Å². The second-order valence-corrected chi connectivity index (χ2v) is 5.56. The first-order chi connectivity index (χ1) is 11.4. The van der Waals surface area contributed by atoms with Crippen LogP contribution in [0.5, 0.6) is 5.75 Å². The van der Waals surface area contributed by atoms with Crippen LogP contribution in [0, 0.1) is 13.8 Å². The van der Waals surface area contributed by atoms with E-state index in [-0.39, 0.29) is 5.91 Å². The van der Waals surface area contributed by atoms with Crippen molar-refractivity contribution in [1.82, 2.24) is 0 Å². The number of rotatable bonds is 5. The maximum Gasteiger partial charge on any atom is 0.339 e. The summed E-state index contributed by atoms with van der Waals surface area (Å²) in [6, 6.07) is 12.5. The summed E-state index contributed by atoms with van der Waals surface area (Å²) in [4.78, 5) is 24.1. The van der Waals surface area contributed by atoms with Gasteiger partial charge in [-0.1, -0.05) is 24.3 Å². The molecule has 1 atom stereocenters. The second-order valence-electron chi connectivity index (χ2n) is 5.56. The molecule has 0 bridgehead atoms. The number of hydrogen-bond acceptors (Lipinski definition) is 4. The number of ether oxygens (including phenoxy) is 2. The highest BCUT2D eigenvalue weighted by molar-refractivity contribution is 6.02. The molecule has 24 heavy (non-hydrogen) atoms. The second kappa shape index (κ2) is 7.64. The maximum absolute atomic E-state index is 12.4. The summed E-state index contributed by atoms with van der Waals surface area (Å²) in [7, 11) is 1.30. The Morgan fingerprint density at radius 2 is 1.79 bits per heavy atom. The van der Waals surface area contributed by atoms with E-state index in [0.29, 0.717) is 17.0 Å². The number of anilines is 1. The minimum absolute atomic E-state index is 0.298. The van der Waals surface area contributed by atoms with Crippen LogP contribution >= 0.6 is 0 Å². The Kier molecular flexibility index (Phi) is 5.58. The van der Waals surface area contributed by atoms with Gasteiger partial charge in [0.05, 0.1) is 18.4 Å². The molecule has 0 aromatic heterocycles. The first-order valence-corrected chi connectivity index (χ1v) is 7.64. The van der Waals surface area contributed by atoms with Gasteiger partial charge in [-0.25, -0.2) is 4.79 Å². The fraction of sp³-hybridized carbons (Fsp3) is 0.263. The molecule has 0 fully saturated rings. The number of para-hydroxylation sites is 1. The lowest BCUT2D eigenvalue weighted by molar-refractivity contribution is -0.122. The van der Waals surface area contributed by atoms with Gasteiger partial charge in [0.15, 0.2) is 6.10 Å². The molecule has 0 unspecified atom stereocenters. The van der Waals surface area contributed by atoms with Crippen LogP contribution in [0.25, 0.3) is 0 Å². The van der Waals surface area contributed by atoms with Gasteiger partial charge in [-0.05, 0) is 50.1 Å². The Morgan fingerprint density at radius 3 is 2.50 bits per heavy atom. The molecule has 5 nitrogen and oxygen atoms in total. The van der Waals surface area contributed by atoms with Gasteiger partial charge in [-0.15, -0.1) is 0 Å². The third-order valence-corrected chi connectivity index (χ3v) is 3.61. The Morgan fingerprint density at radius 1 is 1.08 bits per heavy atom. The Balaban J connectivity index is 2.12. The number of methoxy groups -OCH3 is 1. The van der Waals surface area contributed by atoms with Crippen molar-refractivity contribution in [2.24, 2.45) is 0 Å². The van der Waals surface area contributed by atoms with Gasteiger partial charge in [0.25, 0.3) is 5.91 Å². The quantitative estimate of drug-likeness (QED) is 0.854. The molecular weight excluding hydrogens is 306 g/mol. The van der Waals surface area contributed by atoms with Crippen LogP contribution in [-0.2, 0) is 9.53 Å². The van der Waals surface area contributed by atoms with Crippen LogP contribution < -0.4 is 10.1 Å². The van der Waals surface area contributed by atoms with E-state index >= 15 is 0 Å². The standard InChI is InChI=1S/C19H21NO4/c1-12-9-10-13(2)17(11-12)24-14(3)18(21)20-16-8-6-5-7-15(16)19(22)23-4/h5-11,14H,1-4H3,(H,20,21)/t14-/m0/s1. The molecule has 0 saturated carbocycles. The van der Waals surface area contributed by atoms with Gasteiger partial charge in [-0.3, -0.25) is 4.79 Å². The molecule has 2 aromatic carbocycles. The molecular formula is C19H21NO4. The predicted octanol–water partition coefficient (Wildman–Crippen LogP) is 3.50. The number of carbonyl (C=O) groups excluding carboxylic acids is 2. The van der Waals surface area contributed by atoms with E-state index in [0.717, 1.165) is 11.1 Å². The van der Waals surface area contributed by atoms with Crippen LogP contribution in [0.2, 0.25) is 0 Å². The molecule has 2 aromatic rings. The van der Waals surface area contributed by atoms with Gasteiger partial charge in [-0.2, -0.15) is 0 Å². The maximum atomic E-state index is 12.4. The van der Waals surface area contributed by atoms with Crippen molar-refractivity contribution >= 4 is 17.6 Å². The zero-order valence-corrected chi connectivity index (χ0v) is 14.3. The van der Waals surface area contributed by atoms with Crippen molar-refractivity contribution in [1.29, 1.82) is 0 Å². The highest BCUT2D eigenvalue weighted by Crippen LogP contribution is 2.21. The van der Waals surface area contributed by atoms with Crippen molar-refractivity contribution < 1.29 is 19.1 Å². The SMILES string of the molecule is COC(=O)c1ccccc1NC(=O)[C@H](C)Oc1cc(C)ccc1C. The lowest BCUT2D eigenvalue weighted by Gasteiger charge is -2.17. The number of carbonyl (C=O) groups is 2. The summed E-state index contributed by atoms with van der Waals surface area (Å²) in [6.07, 6.45) is -0.712. The summed E-state index contributed by atoms with van der Waals surface area (Å²) in [6.45, 7) is 5.55. The zero-order valence-electron chi connectivity index (χ0n) is 14.3. The van der Waals surface area contributed by atoms with Crippen LogP contribution in [0.4, 0.5) is 5.69 Å². The average Bonchev–Trinajstić information content (AvgIpc) is 2.57. The highest BCUT2D eigenvalue weighted by Gasteiger charge is 2.19. The van der Waals surface area contributed by atoms with Gasteiger partial charge >= 0.3 is 5.97 Å². The first-order valence-electron chi connectivity index (χ1n) is 7.64. The molecule has 0 saturated heterocycles. The third kappa shape index (κ3) is 4.13. The van der Waals surface area contributed by atoms with Crippen molar-refractivity contribution in [3.8, 4) is 5.75 Å². The lowest BCUT2D eigenvalue weighted by Crippen LogP contribution is -2.31. The molecule has 0 aliphatic heterocycles. The molecule has 1 amide bonds. The minimum atomic E-state index is -0.712. The largest absolute Gasteiger partial charge is 0.481 e. The van der Waals surface area contributed by atoms with E-state index in [1.807, 2.05) is 32.0 Å². The van der Waals surface area contributed by atoms with E-state index in [4.69, 9.17) is 9.47 Å². The summed E-state index contributed by atoms with van der Waals surface area (Å²) in [5, 5.41) is 2.72. The number of esters is 1. The van der Waals surface area contributed by atoms with E-state index in [2.05, 4.69) is 5.32 Å². The van der Waals surface area contributed by atoms with Gasteiger partial charge in [0, 0.05) is 0 Å². The molecule has 0 aliphatic rings. The third-order valence-electron chi connectivity index (χ3n) is 3.61. The highest BCUT2D eigenvalue weighted by atomic mass is 16.5.